The molecule has 3 aromatic carbocycles. The molecule has 2 aliphatic heterocycles. The van der Waals surface area contributed by atoms with Gasteiger partial charge in [0.1, 0.15) is 5.82 Å². The van der Waals surface area contributed by atoms with E-state index in [4.69, 9.17) is 0 Å². The van der Waals surface area contributed by atoms with Gasteiger partial charge in [0.15, 0.2) is 0 Å². The Labute approximate surface area is 200 Å². The lowest BCUT2D eigenvalue weighted by Gasteiger charge is -2.34. The molecule has 0 spiro atoms. The van der Waals surface area contributed by atoms with Crippen LogP contribution in [0.3, 0.4) is 0 Å². The molecular formula is C27H29FN2O3S. The molecule has 2 heterocycles. The first-order valence-corrected chi connectivity index (χ1v) is 13.4. The minimum Gasteiger partial charge on any atom is -0.339 e. The molecule has 3 aromatic rings. The Kier molecular flexibility index (Phi) is 6.40. The maximum absolute atomic E-state index is 13.6. The minimum atomic E-state index is -3.60. The van der Waals surface area contributed by atoms with E-state index in [9.17, 15) is 17.6 Å². The molecule has 0 N–H and O–H groups in total. The van der Waals surface area contributed by atoms with Crippen molar-refractivity contribution in [2.24, 2.45) is 5.92 Å². The van der Waals surface area contributed by atoms with Crippen LogP contribution in [0.15, 0.2) is 71.6 Å². The topological polar surface area (TPSA) is 57.7 Å². The average Bonchev–Trinajstić information content (AvgIpc) is 3.31. The second kappa shape index (κ2) is 9.47. The third-order valence-electron chi connectivity index (χ3n) is 7.18. The van der Waals surface area contributed by atoms with Crippen LogP contribution in [0.25, 0.3) is 10.8 Å². The van der Waals surface area contributed by atoms with Gasteiger partial charge < -0.3 is 4.90 Å². The van der Waals surface area contributed by atoms with Crippen molar-refractivity contribution in [1.82, 2.24) is 9.21 Å². The molecule has 34 heavy (non-hydrogen) atoms. The molecule has 0 saturated carbocycles. The first kappa shape index (κ1) is 23.0. The fourth-order valence-electron chi connectivity index (χ4n) is 5.33. The Bertz CT molecular complexity index is 1300. The van der Waals surface area contributed by atoms with Gasteiger partial charge >= 0.3 is 0 Å². The van der Waals surface area contributed by atoms with Crippen LogP contribution in [-0.2, 0) is 21.2 Å². The highest BCUT2D eigenvalue weighted by atomic mass is 32.2. The standard InChI is InChI=1S/C27H29FN2O3S/c28-24-8-3-5-20(17-24)18-25-9-4-14-30(25)27(31)22-12-15-29(16-13-22)34(32,33)26-11-10-21-6-1-2-7-23(21)19-26/h1-3,5-8,10-11,17,19,22,25H,4,9,12-16,18H2. The van der Waals surface area contributed by atoms with Crippen molar-refractivity contribution in [2.75, 3.05) is 19.6 Å². The van der Waals surface area contributed by atoms with Crippen LogP contribution in [0.2, 0.25) is 0 Å². The van der Waals surface area contributed by atoms with Crippen LogP contribution in [0.1, 0.15) is 31.2 Å². The predicted molar refractivity (Wildman–Crippen MR) is 130 cm³/mol. The lowest BCUT2D eigenvalue weighted by molar-refractivity contribution is -0.137. The average molecular weight is 481 g/mol. The Morgan fingerprint density at radius 2 is 1.65 bits per heavy atom. The van der Waals surface area contributed by atoms with E-state index in [1.54, 1.807) is 18.2 Å². The summed E-state index contributed by atoms with van der Waals surface area (Å²) in [6, 6.07) is 19.6. The van der Waals surface area contributed by atoms with Gasteiger partial charge in [-0.25, -0.2) is 12.8 Å². The molecule has 1 atom stereocenters. The van der Waals surface area contributed by atoms with Crippen molar-refractivity contribution in [3.05, 3.63) is 78.1 Å². The van der Waals surface area contributed by atoms with E-state index in [-0.39, 0.29) is 23.7 Å². The van der Waals surface area contributed by atoms with Gasteiger partial charge in [-0.1, -0.05) is 42.5 Å². The molecule has 1 unspecified atom stereocenters. The largest absolute Gasteiger partial charge is 0.339 e. The summed E-state index contributed by atoms with van der Waals surface area (Å²) in [6.45, 7) is 1.40. The Balaban J connectivity index is 1.23. The molecule has 1 amide bonds. The molecule has 2 aliphatic rings. The molecule has 2 fully saturated rings. The van der Waals surface area contributed by atoms with Crippen molar-refractivity contribution >= 4 is 26.7 Å². The maximum Gasteiger partial charge on any atom is 0.243 e. The van der Waals surface area contributed by atoms with Crippen LogP contribution in [-0.4, -0.2) is 49.2 Å². The van der Waals surface area contributed by atoms with E-state index >= 15 is 0 Å². The number of hydrogen-bond donors (Lipinski definition) is 0. The van der Waals surface area contributed by atoms with Crippen molar-refractivity contribution in [2.45, 2.75) is 43.0 Å². The zero-order valence-corrected chi connectivity index (χ0v) is 19.9. The summed E-state index contributed by atoms with van der Waals surface area (Å²) in [7, 11) is -3.60. The zero-order valence-electron chi connectivity index (χ0n) is 19.1. The van der Waals surface area contributed by atoms with Crippen LogP contribution in [0.5, 0.6) is 0 Å². The normalized spacial score (nSPS) is 20.1. The Morgan fingerprint density at radius 1 is 0.882 bits per heavy atom. The van der Waals surface area contributed by atoms with Gasteiger partial charge in [0.05, 0.1) is 4.90 Å². The van der Waals surface area contributed by atoms with Crippen molar-refractivity contribution < 1.29 is 17.6 Å². The zero-order chi connectivity index (χ0) is 23.7. The summed E-state index contributed by atoms with van der Waals surface area (Å²) < 4.78 is 41.6. The highest BCUT2D eigenvalue weighted by Gasteiger charge is 2.37. The number of amides is 1. The summed E-state index contributed by atoms with van der Waals surface area (Å²) in [5.74, 6) is -0.314. The predicted octanol–water partition coefficient (Wildman–Crippen LogP) is 4.61. The highest BCUT2D eigenvalue weighted by Crippen LogP contribution is 2.30. The summed E-state index contributed by atoms with van der Waals surface area (Å²) in [4.78, 5) is 15.6. The van der Waals surface area contributed by atoms with E-state index in [1.807, 2.05) is 41.3 Å². The first-order chi connectivity index (χ1) is 16.4. The quantitative estimate of drug-likeness (QED) is 0.536. The molecule has 2 saturated heterocycles. The smallest absolute Gasteiger partial charge is 0.243 e. The number of likely N-dealkylation sites (tertiary alicyclic amines) is 1. The summed E-state index contributed by atoms with van der Waals surface area (Å²) in [6.07, 6.45) is 3.56. The molecule has 0 aliphatic carbocycles. The van der Waals surface area contributed by atoms with Crippen LogP contribution in [0, 0.1) is 11.7 Å². The Morgan fingerprint density at radius 3 is 2.41 bits per heavy atom. The molecule has 0 radical (unpaired) electrons. The monoisotopic (exact) mass is 480 g/mol. The van der Waals surface area contributed by atoms with Gasteiger partial charge in [0.2, 0.25) is 15.9 Å². The van der Waals surface area contributed by atoms with E-state index in [2.05, 4.69) is 0 Å². The number of fused-ring (bicyclic) bond motifs is 1. The summed E-state index contributed by atoms with van der Waals surface area (Å²) in [5, 5.41) is 1.90. The van der Waals surface area contributed by atoms with Gasteiger partial charge in [0.25, 0.3) is 0 Å². The lowest BCUT2D eigenvalue weighted by atomic mass is 9.95. The molecule has 5 rings (SSSR count). The first-order valence-electron chi connectivity index (χ1n) is 12.0. The fourth-order valence-corrected chi connectivity index (χ4v) is 6.83. The molecule has 0 bridgehead atoms. The number of nitrogens with zero attached hydrogens (tertiary/aromatic N) is 2. The highest BCUT2D eigenvalue weighted by molar-refractivity contribution is 7.89. The number of rotatable bonds is 5. The van der Waals surface area contributed by atoms with Crippen molar-refractivity contribution in [1.29, 1.82) is 0 Å². The van der Waals surface area contributed by atoms with Crippen molar-refractivity contribution in [3.63, 3.8) is 0 Å². The third kappa shape index (κ3) is 4.59. The van der Waals surface area contributed by atoms with Crippen LogP contribution in [0.4, 0.5) is 4.39 Å². The summed E-state index contributed by atoms with van der Waals surface area (Å²) in [5.41, 5.74) is 0.904. The van der Waals surface area contributed by atoms with Gasteiger partial charge in [-0.2, -0.15) is 4.31 Å². The molecule has 0 aromatic heterocycles. The molecule has 5 nitrogen and oxygen atoms in total. The molecule has 7 heteroatoms. The minimum absolute atomic E-state index is 0.0775. The van der Waals surface area contributed by atoms with Gasteiger partial charge in [-0.05, 0) is 72.7 Å². The van der Waals surface area contributed by atoms with E-state index in [0.717, 1.165) is 29.2 Å². The van der Waals surface area contributed by atoms with Crippen LogP contribution >= 0.6 is 0 Å². The number of hydrogen-bond acceptors (Lipinski definition) is 3. The Hall–Kier alpha value is -2.77. The number of carbonyl (C=O) groups excluding carboxylic acids is 1. The van der Waals surface area contributed by atoms with Gasteiger partial charge in [-0.15, -0.1) is 0 Å². The summed E-state index contributed by atoms with van der Waals surface area (Å²) >= 11 is 0. The second-order valence-corrected chi connectivity index (χ2v) is 11.3. The van der Waals surface area contributed by atoms with Gasteiger partial charge in [-0.3, -0.25) is 4.79 Å². The van der Waals surface area contributed by atoms with Gasteiger partial charge in [0, 0.05) is 31.6 Å². The van der Waals surface area contributed by atoms with E-state index in [0.29, 0.717) is 43.8 Å². The van der Waals surface area contributed by atoms with Crippen molar-refractivity contribution in [3.8, 4) is 0 Å². The number of piperidine rings is 1. The number of halogens is 1. The van der Waals surface area contributed by atoms with Crippen LogP contribution < -0.4 is 0 Å². The third-order valence-corrected chi connectivity index (χ3v) is 9.08. The fraction of sp³-hybridized carbons (Fsp3) is 0.370. The maximum atomic E-state index is 13.6. The lowest BCUT2D eigenvalue weighted by Crippen LogP contribution is -2.46. The second-order valence-electron chi connectivity index (χ2n) is 9.35. The SMILES string of the molecule is O=C(C1CCN(S(=O)(=O)c2ccc3ccccc3c2)CC1)N1CCCC1Cc1cccc(F)c1. The number of carbonyl (C=O) groups is 1. The molecular weight excluding hydrogens is 451 g/mol. The number of sulfonamides is 1. The van der Waals surface area contributed by atoms with E-state index in [1.165, 1.54) is 16.4 Å². The van der Waals surface area contributed by atoms with E-state index < -0.39 is 10.0 Å². The molecule has 178 valence electrons. The number of benzene rings is 3.